The van der Waals surface area contributed by atoms with Crippen LogP contribution in [0.4, 0.5) is 5.69 Å². The van der Waals surface area contributed by atoms with Crippen LogP contribution in [0.25, 0.3) is 11.1 Å². The van der Waals surface area contributed by atoms with E-state index in [0.717, 1.165) is 25.0 Å². The molecule has 1 atom stereocenters. The van der Waals surface area contributed by atoms with E-state index in [1.54, 1.807) is 12.1 Å². The van der Waals surface area contributed by atoms with Crippen molar-refractivity contribution in [3.05, 3.63) is 23.0 Å². The van der Waals surface area contributed by atoms with Crippen LogP contribution in [0.5, 0.6) is 0 Å². The van der Waals surface area contributed by atoms with Crippen LogP contribution in [-0.2, 0) is 11.2 Å². The van der Waals surface area contributed by atoms with Gasteiger partial charge in [-0.15, -0.1) is 0 Å². The molecule has 1 aliphatic heterocycles. The van der Waals surface area contributed by atoms with Gasteiger partial charge in [-0.25, -0.2) is 4.98 Å². The number of nitrogens with zero attached hydrogens (tertiary/aromatic N) is 1. The summed E-state index contributed by atoms with van der Waals surface area (Å²) in [6.07, 6.45) is 4.37. The summed E-state index contributed by atoms with van der Waals surface area (Å²) in [5.41, 5.74) is 7.68. The van der Waals surface area contributed by atoms with Gasteiger partial charge in [-0.3, -0.25) is 0 Å². The van der Waals surface area contributed by atoms with E-state index >= 15 is 0 Å². The highest BCUT2D eigenvalue weighted by molar-refractivity contribution is 6.33. The smallest absolute Gasteiger partial charge is 0.198 e. The molecule has 0 aliphatic carbocycles. The number of aromatic nitrogens is 1. The molecule has 2 heterocycles. The third kappa shape index (κ3) is 2.31. The van der Waals surface area contributed by atoms with Gasteiger partial charge in [0.15, 0.2) is 11.5 Å². The third-order valence-electron chi connectivity index (χ3n) is 3.23. The maximum Gasteiger partial charge on any atom is 0.198 e. The molecule has 3 rings (SSSR count). The van der Waals surface area contributed by atoms with Gasteiger partial charge in [0.25, 0.3) is 0 Å². The first-order chi connectivity index (χ1) is 8.72. The number of anilines is 1. The molecule has 1 saturated heterocycles. The fourth-order valence-corrected chi connectivity index (χ4v) is 2.42. The highest BCUT2D eigenvalue weighted by atomic mass is 35.5. The summed E-state index contributed by atoms with van der Waals surface area (Å²) in [5, 5.41) is 0.510. The lowest BCUT2D eigenvalue weighted by molar-refractivity contribution is 0.0134. The molecule has 0 amide bonds. The maximum atomic E-state index is 5.96. The Morgan fingerprint density at radius 2 is 2.28 bits per heavy atom. The normalized spacial score (nSPS) is 20.4. The number of fused-ring (bicyclic) bond motifs is 1. The van der Waals surface area contributed by atoms with Crippen molar-refractivity contribution >= 4 is 28.4 Å². The second-order valence-corrected chi connectivity index (χ2v) is 5.05. The minimum atomic E-state index is 0.222. The summed E-state index contributed by atoms with van der Waals surface area (Å²) in [6, 6.07) is 3.46. The number of halogens is 1. The van der Waals surface area contributed by atoms with E-state index in [1.807, 2.05) is 0 Å². The molecule has 5 heteroatoms. The number of ether oxygens (including phenoxy) is 1. The Morgan fingerprint density at radius 3 is 3.06 bits per heavy atom. The van der Waals surface area contributed by atoms with Crippen LogP contribution in [-0.4, -0.2) is 17.7 Å². The van der Waals surface area contributed by atoms with Crippen LogP contribution < -0.4 is 5.73 Å². The highest BCUT2D eigenvalue weighted by Crippen LogP contribution is 2.27. The minimum Gasteiger partial charge on any atom is -0.441 e. The average Bonchev–Trinajstić information content (AvgIpc) is 2.72. The molecular weight excluding hydrogens is 252 g/mol. The van der Waals surface area contributed by atoms with E-state index in [0.29, 0.717) is 28.6 Å². The van der Waals surface area contributed by atoms with Crippen LogP contribution in [0, 0.1) is 0 Å². The van der Waals surface area contributed by atoms with Crippen LogP contribution >= 0.6 is 11.6 Å². The van der Waals surface area contributed by atoms with Gasteiger partial charge >= 0.3 is 0 Å². The fraction of sp³-hybridized carbons (Fsp3) is 0.462. The summed E-state index contributed by atoms with van der Waals surface area (Å²) in [5.74, 6) is 0.693. The summed E-state index contributed by atoms with van der Waals surface area (Å²) < 4.78 is 11.4. The standard InChI is InChI=1S/C13H15ClN2O2/c14-9-6-11-12(7-10(9)15)18-13(16-11)5-8-3-1-2-4-17-8/h6-8H,1-5,15H2. The number of nitrogen functional groups attached to an aromatic ring is 1. The van der Waals surface area contributed by atoms with Crippen molar-refractivity contribution in [1.29, 1.82) is 0 Å². The molecule has 1 unspecified atom stereocenters. The molecule has 4 nitrogen and oxygen atoms in total. The number of hydrogen-bond acceptors (Lipinski definition) is 4. The monoisotopic (exact) mass is 266 g/mol. The summed E-state index contributed by atoms with van der Waals surface area (Å²) >= 11 is 5.96. The van der Waals surface area contributed by atoms with Crippen molar-refractivity contribution in [2.75, 3.05) is 12.3 Å². The van der Waals surface area contributed by atoms with E-state index in [1.165, 1.54) is 6.42 Å². The molecule has 1 aliphatic rings. The molecule has 96 valence electrons. The zero-order valence-corrected chi connectivity index (χ0v) is 10.7. The fourth-order valence-electron chi connectivity index (χ4n) is 2.26. The van der Waals surface area contributed by atoms with Gasteiger partial charge in [-0.05, 0) is 25.3 Å². The Labute approximate surface area is 110 Å². The number of rotatable bonds is 2. The minimum absolute atomic E-state index is 0.222. The van der Waals surface area contributed by atoms with Crippen molar-refractivity contribution < 1.29 is 9.15 Å². The molecule has 0 saturated carbocycles. The first kappa shape index (κ1) is 11.8. The largest absolute Gasteiger partial charge is 0.441 e. The Bertz CT molecular complexity index is 522. The van der Waals surface area contributed by atoms with E-state index < -0.39 is 0 Å². The first-order valence-electron chi connectivity index (χ1n) is 6.18. The zero-order chi connectivity index (χ0) is 12.5. The topological polar surface area (TPSA) is 61.3 Å². The van der Waals surface area contributed by atoms with Gasteiger partial charge in [0, 0.05) is 12.7 Å². The summed E-state index contributed by atoms with van der Waals surface area (Å²) in [4.78, 5) is 4.42. The lowest BCUT2D eigenvalue weighted by Crippen LogP contribution is -2.21. The Kier molecular flexibility index (Phi) is 3.14. The molecule has 0 spiro atoms. The second-order valence-electron chi connectivity index (χ2n) is 4.64. The number of nitrogens with two attached hydrogens (primary N) is 1. The quantitative estimate of drug-likeness (QED) is 0.848. The van der Waals surface area contributed by atoms with E-state index in [2.05, 4.69) is 4.98 Å². The number of hydrogen-bond donors (Lipinski definition) is 1. The Balaban J connectivity index is 1.84. The Morgan fingerprint density at radius 1 is 1.39 bits per heavy atom. The van der Waals surface area contributed by atoms with Gasteiger partial charge in [0.1, 0.15) is 5.52 Å². The number of benzene rings is 1. The first-order valence-corrected chi connectivity index (χ1v) is 6.56. The molecular formula is C13H15ClN2O2. The zero-order valence-electron chi connectivity index (χ0n) is 9.99. The SMILES string of the molecule is Nc1cc2oc(CC3CCCCO3)nc2cc1Cl. The van der Waals surface area contributed by atoms with Gasteiger partial charge in [0.2, 0.25) is 0 Å². The van der Waals surface area contributed by atoms with Crippen LogP contribution in [0.15, 0.2) is 16.5 Å². The van der Waals surface area contributed by atoms with Gasteiger partial charge in [-0.1, -0.05) is 11.6 Å². The predicted molar refractivity (Wildman–Crippen MR) is 70.7 cm³/mol. The van der Waals surface area contributed by atoms with Crippen LogP contribution in [0.3, 0.4) is 0 Å². The predicted octanol–water partition coefficient (Wildman–Crippen LogP) is 3.18. The van der Waals surface area contributed by atoms with E-state index in [-0.39, 0.29) is 6.10 Å². The molecule has 1 aromatic carbocycles. The van der Waals surface area contributed by atoms with Crippen LogP contribution in [0.2, 0.25) is 5.02 Å². The van der Waals surface area contributed by atoms with Crippen molar-refractivity contribution in [2.45, 2.75) is 31.8 Å². The Hall–Kier alpha value is -1.26. The summed E-state index contributed by atoms with van der Waals surface area (Å²) in [7, 11) is 0. The van der Waals surface area contributed by atoms with Crippen molar-refractivity contribution in [1.82, 2.24) is 4.98 Å². The van der Waals surface area contributed by atoms with Gasteiger partial charge in [0.05, 0.1) is 23.2 Å². The molecule has 2 N–H and O–H groups in total. The average molecular weight is 267 g/mol. The van der Waals surface area contributed by atoms with Gasteiger partial charge < -0.3 is 14.9 Å². The second kappa shape index (κ2) is 4.78. The third-order valence-corrected chi connectivity index (χ3v) is 3.55. The van der Waals surface area contributed by atoms with Crippen molar-refractivity contribution in [3.8, 4) is 0 Å². The van der Waals surface area contributed by atoms with Crippen molar-refractivity contribution in [2.24, 2.45) is 0 Å². The molecule has 2 aromatic rings. The maximum absolute atomic E-state index is 5.96. The van der Waals surface area contributed by atoms with Gasteiger partial charge in [-0.2, -0.15) is 0 Å². The molecule has 1 fully saturated rings. The summed E-state index contributed by atoms with van der Waals surface area (Å²) in [6.45, 7) is 0.837. The van der Waals surface area contributed by atoms with Crippen molar-refractivity contribution in [3.63, 3.8) is 0 Å². The van der Waals surface area contributed by atoms with E-state index in [9.17, 15) is 0 Å². The number of oxazole rings is 1. The molecule has 1 aromatic heterocycles. The molecule has 0 bridgehead atoms. The molecule has 18 heavy (non-hydrogen) atoms. The van der Waals surface area contributed by atoms with Crippen LogP contribution in [0.1, 0.15) is 25.2 Å². The molecule has 0 radical (unpaired) electrons. The lowest BCUT2D eigenvalue weighted by atomic mass is 10.1. The lowest BCUT2D eigenvalue weighted by Gasteiger charge is -2.20. The van der Waals surface area contributed by atoms with E-state index in [4.69, 9.17) is 26.5 Å². The highest BCUT2D eigenvalue weighted by Gasteiger charge is 2.18.